The first kappa shape index (κ1) is 43.6. The number of anilines is 2. The minimum atomic E-state index is -4.44. The Morgan fingerprint density at radius 1 is 0.780 bits per heavy atom. The molecule has 6 heterocycles. The van der Waals surface area contributed by atoms with Crippen LogP contribution in [0.2, 0.25) is 0 Å². The van der Waals surface area contributed by atoms with Crippen LogP contribution < -0.4 is 11.5 Å². The molecule has 3 aliphatic rings. The summed E-state index contributed by atoms with van der Waals surface area (Å²) in [4.78, 5) is 50.4. The van der Waals surface area contributed by atoms with Gasteiger partial charge in [-0.3, -0.25) is 27.7 Å². The lowest BCUT2D eigenvalue weighted by Gasteiger charge is -2.31. The van der Waals surface area contributed by atoms with E-state index in [1.165, 1.54) is 29.9 Å². The Balaban J connectivity index is 1.22. The molecule has 9 atom stereocenters. The molecule has 0 radical (unpaired) electrons. The van der Waals surface area contributed by atoms with Crippen molar-refractivity contribution >= 4 is 82.3 Å². The van der Waals surface area contributed by atoms with Gasteiger partial charge in [0.1, 0.15) is 66.3 Å². The minimum absolute atomic E-state index is 0.00944. The number of alkyl halides is 1. The number of esters is 2. The van der Waals surface area contributed by atoms with E-state index in [1.54, 1.807) is 46.1 Å². The first-order chi connectivity index (χ1) is 27.8. The van der Waals surface area contributed by atoms with Gasteiger partial charge in [0, 0.05) is 35.1 Å². The average Bonchev–Trinajstić information content (AvgIpc) is 3.95. The number of hydrogen-bond donors (Lipinski definition) is 2. The standard InChI is InChI=1S/C33H45FN10O11P2S2/c1-32(2,3)30(45)49-15-58-56(47)51-9-17-7-18(43-13-41-23-26(35)37-11-39-28(23)43)22(34)25(17)55-57(48,59-16-50-31(46)33(4,5)6)52-10-20-19(54-56)8-21(53-20)44-14-42-24-27(36)38-12-40-29(24)44/h11-14,17-22,25H,7-10,15-16H2,1-6H3,(H2,35,37,39)(H2,36,38,40)/t17?,18?,19-,20?,21-,22?,25?,56?,57?/m1/s1. The molecular weight excluding hydrogens is 858 g/mol. The Hall–Kier alpha value is -3.47. The molecule has 0 spiro atoms. The Labute approximate surface area is 345 Å². The number of carbonyl (C=O) groups excluding carboxylic acids is 2. The summed E-state index contributed by atoms with van der Waals surface area (Å²) in [6, 6.07) is -1.01. The van der Waals surface area contributed by atoms with Gasteiger partial charge in [0.05, 0.1) is 42.7 Å². The first-order valence-corrected chi connectivity index (χ1v) is 24.7. The van der Waals surface area contributed by atoms with Gasteiger partial charge in [0.25, 0.3) is 0 Å². The zero-order chi connectivity index (χ0) is 42.5. The van der Waals surface area contributed by atoms with Crippen molar-refractivity contribution in [2.75, 3.05) is 36.6 Å². The molecule has 4 aromatic heterocycles. The van der Waals surface area contributed by atoms with Crippen molar-refractivity contribution in [3.05, 3.63) is 25.3 Å². The van der Waals surface area contributed by atoms with Crippen molar-refractivity contribution in [2.24, 2.45) is 16.7 Å². The van der Waals surface area contributed by atoms with Crippen molar-refractivity contribution < 1.29 is 55.4 Å². The van der Waals surface area contributed by atoms with Gasteiger partial charge >= 0.3 is 25.5 Å². The van der Waals surface area contributed by atoms with Crippen molar-refractivity contribution in [3.63, 3.8) is 0 Å². The number of carbonyl (C=O) groups is 2. The summed E-state index contributed by atoms with van der Waals surface area (Å²) in [6.07, 6.45) is -1.09. The van der Waals surface area contributed by atoms with Crippen LogP contribution in [0.1, 0.15) is 66.7 Å². The highest BCUT2D eigenvalue weighted by Gasteiger charge is 2.52. The summed E-state index contributed by atoms with van der Waals surface area (Å²) in [5.74, 6) is -2.71. The number of imidazole rings is 2. The Morgan fingerprint density at radius 3 is 1.88 bits per heavy atom. The van der Waals surface area contributed by atoms with Gasteiger partial charge in [-0.25, -0.2) is 43.4 Å². The van der Waals surface area contributed by atoms with Gasteiger partial charge in [0.2, 0.25) is 0 Å². The fraction of sp³-hybridized carbons (Fsp3) is 0.636. The number of halogens is 1. The van der Waals surface area contributed by atoms with Gasteiger partial charge in [-0.2, -0.15) is 0 Å². The molecule has 1 saturated carbocycles. The van der Waals surface area contributed by atoms with Crippen LogP contribution in [0.5, 0.6) is 0 Å². The van der Waals surface area contributed by atoms with Crippen LogP contribution in [0.15, 0.2) is 25.3 Å². The van der Waals surface area contributed by atoms with Gasteiger partial charge in [-0.1, -0.05) is 0 Å². The van der Waals surface area contributed by atoms with Gasteiger partial charge in [0.15, 0.2) is 22.9 Å². The van der Waals surface area contributed by atoms with Crippen LogP contribution in [0.25, 0.3) is 22.3 Å². The van der Waals surface area contributed by atoms with Gasteiger partial charge in [-0.05, 0) is 48.0 Å². The summed E-state index contributed by atoms with van der Waals surface area (Å²) >= 11 is 1.18. The number of fused-ring (bicyclic) bond motifs is 4. The molecule has 2 saturated heterocycles. The molecule has 0 aromatic carbocycles. The lowest BCUT2D eigenvalue weighted by molar-refractivity contribution is -0.151. The van der Waals surface area contributed by atoms with E-state index in [0.717, 1.165) is 0 Å². The van der Waals surface area contributed by atoms with Gasteiger partial charge in [-0.15, -0.1) is 0 Å². The van der Waals surface area contributed by atoms with E-state index in [9.17, 15) is 18.7 Å². The fourth-order valence-electron chi connectivity index (χ4n) is 6.54. The Morgan fingerprint density at radius 2 is 1.31 bits per heavy atom. The highest BCUT2D eigenvalue weighted by atomic mass is 32.7. The summed E-state index contributed by atoms with van der Waals surface area (Å²) in [6.45, 7) is 0.303. The SMILES string of the molecule is CC(C)(C)C(=O)OCSP1(=O)OCC2O[C@@H](n3cnc4c(N)ncnc43)C[C@H]2OP(=O)(SCOC(=O)C(C)(C)C)OCC2CC(n3cnc4c(N)ncnc43)C(F)C2O1. The maximum atomic E-state index is 17.0. The third-order valence-electron chi connectivity index (χ3n) is 9.70. The van der Waals surface area contributed by atoms with E-state index in [4.69, 9.17) is 43.8 Å². The van der Waals surface area contributed by atoms with E-state index < -0.39 is 104 Å². The third-order valence-corrected chi connectivity index (χ3v) is 16.4. The molecule has 3 fully saturated rings. The third kappa shape index (κ3) is 9.40. The predicted octanol–water partition coefficient (Wildman–Crippen LogP) is 5.61. The van der Waals surface area contributed by atoms with Crippen molar-refractivity contribution in [1.29, 1.82) is 0 Å². The number of nitrogens with zero attached hydrogens (tertiary/aromatic N) is 8. The molecule has 7 unspecified atom stereocenters. The maximum absolute atomic E-state index is 17.0. The number of nitrogen functional groups attached to an aromatic ring is 2. The number of nitrogens with two attached hydrogens (primary N) is 2. The molecule has 4 N–H and O–H groups in total. The van der Waals surface area contributed by atoms with E-state index in [-0.39, 0.29) is 35.6 Å². The molecule has 322 valence electrons. The van der Waals surface area contributed by atoms with E-state index >= 15 is 4.39 Å². The predicted molar refractivity (Wildman–Crippen MR) is 213 cm³/mol. The smallest absolute Gasteiger partial charge is 0.392 e. The number of aromatic nitrogens is 8. The molecule has 0 bridgehead atoms. The van der Waals surface area contributed by atoms with E-state index in [1.807, 2.05) is 0 Å². The Kier molecular flexibility index (Phi) is 12.4. The highest BCUT2D eigenvalue weighted by Crippen LogP contribution is 2.67. The molecule has 21 nitrogen and oxygen atoms in total. The molecule has 0 amide bonds. The van der Waals surface area contributed by atoms with E-state index in [2.05, 4.69) is 29.9 Å². The van der Waals surface area contributed by atoms with E-state index in [0.29, 0.717) is 33.9 Å². The van der Waals surface area contributed by atoms with Gasteiger partial charge < -0.3 is 34.8 Å². The quantitative estimate of drug-likeness (QED) is 0.123. The zero-order valence-corrected chi connectivity index (χ0v) is 36.3. The number of hydrogen-bond acceptors (Lipinski definition) is 21. The fourth-order valence-corrected chi connectivity index (χ4v) is 12.2. The monoisotopic (exact) mass is 902 g/mol. The van der Waals surface area contributed by atoms with Crippen LogP contribution in [-0.4, -0.2) is 101 Å². The zero-order valence-electron chi connectivity index (χ0n) is 32.9. The second-order valence-corrected chi connectivity index (χ2v) is 24.0. The molecule has 4 aromatic rings. The first-order valence-electron chi connectivity index (χ1n) is 18.4. The lowest BCUT2D eigenvalue weighted by atomic mass is 9.98. The normalized spacial score (nSPS) is 30.7. The molecule has 2 aliphatic heterocycles. The summed E-state index contributed by atoms with van der Waals surface area (Å²) in [5, 5.41) is 0. The summed E-state index contributed by atoms with van der Waals surface area (Å²) in [5.41, 5.74) is 11.4. The molecular formula is C33H45FN10O11P2S2. The summed E-state index contributed by atoms with van der Waals surface area (Å²) in [7, 11) is 0. The molecule has 59 heavy (non-hydrogen) atoms. The highest BCUT2D eigenvalue weighted by molar-refractivity contribution is 8.55. The molecule has 26 heteroatoms. The molecule has 7 rings (SSSR count). The molecule has 1 aliphatic carbocycles. The van der Waals surface area contributed by atoms with Crippen molar-refractivity contribution in [1.82, 2.24) is 39.0 Å². The lowest BCUT2D eigenvalue weighted by Crippen LogP contribution is -2.33. The number of rotatable bonds is 8. The van der Waals surface area contributed by atoms with Crippen molar-refractivity contribution in [3.8, 4) is 0 Å². The topological polar surface area (TPSA) is 272 Å². The van der Waals surface area contributed by atoms with Crippen LogP contribution in [-0.2, 0) is 51.0 Å². The number of ether oxygens (including phenoxy) is 3. The summed E-state index contributed by atoms with van der Waals surface area (Å²) < 4.78 is 91.4. The Bertz CT molecular complexity index is 2310. The van der Waals surface area contributed by atoms with Crippen LogP contribution in [0, 0.1) is 16.7 Å². The van der Waals surface area contributed by atoms with Crippen LogP contribution >= 0.6 is 36.4 Å². The largest absolute Gasteiger partial charge is 0.454 e. The van der Waals surface area contributed by atoms with Crippen LogP contribution in [0.4, 0.5) is 16.0 Å². The second-order valence-electron chi connectivity index (χ2n) is 16.1. The van der Waals surface area contributed by atoms with Crippen LogP contribution in [0.3, 0.4) is 0 Å². The average molecular weight is 903 g/mol. The van der Waals surface area contributed by atoms with Crippen molar-refractivity contribution in [2.45, 2.75) is 91.1 Å². The minimum Gasteiger partial charge on any atom is -0.454 e. The maximum Gasteiger partial charge on any atom is 0.392 e. The second kappa shape index (κ2) is 16.8.